The highest BCUT2D eigenvalue weighted by atomic mass is 15.2. The lowest BCUT2D eigenvalue weighted by Gasteiger charge is -1.92. The van der Waals surface area contributed by atoms with Gasteiger partial charge >= 0.3 is 0 Å². The van der Waals surface area contributed by atoms with Gasteiger partial charge in [0.1, 0.15) is 5.82 Å². The van der Waals surface area contributed by atoms with Gasteiger partial charge in [0.15, 0.2) is 0 Å². The van der Waals surface area contributed by atoms with E-state index in [4.69, 9.17) is 5.84 Å². The van der Waals surface area contributed by atoms with E-state index in [0.717, 1.165) is 0 Å². The summed E-state index contributed by atoms with van der Waals surface area (Å²) >= 11 is 0. The first-order valence-electron chi connectivity index (χ1n) is 3.29. The minimum absolute atomic E-state index is 0.688. The van der Waals surface area contributed by atoms with E-state index in [9.17, 15) is 0 Å². The summed E-state index contributed by atoms with van der Waals surface area (Å²) < 4.78 is 0. The second kappa shape index (κ2) is 6.77. The number of hydrogen-bond acceptors (Lipinski definition) is 3. The van der Waals surface area contributed by atoms with Gasteiger partial charge in [0.05, 0.1) is 0 Å². The van der Waals surface area contributed by atoms with Crippen molar-refractivity contribution in [1.29, 1.82) is 0 Å². The molecular weight excluding hydrogens is 138 g/mol. The quantitative estimate of drug-likeness (QED) is 0.364. The molecule has 3 heteroatoms. The molecule has 0 aliphatic heterocycles. The highest BCUT2D eigenvalue weighted by Crippen LogP contribution is 1.94. The Morgan fingerprint density at radius 1 is 1.64 bits per heavy atom. The average Bonchev–Trinajstić information content (AvgIpc) is 2.08. The Bertz CT molecular complexity index is 184. The van der Waals surface area contributed by atoms with Crippen molar-refractivity contribution in [3.8, 4) is 0 Å². The van der Waals surface area contributed by atoms with Crippen molar-refractivity contribution in [2.75, 3.05) is 5.43 Å². The summed E-state index contributed by atoms with van der Waals surface area (Å²) in [6.07, 6.45) is 3.43. The van der Waals surface area contributed by atoms with Gasteiger partial charge in [-0.25, -0.2) is 10.8 Å². The molecule has 0 aliphatic carbocycles. The number of nitrogen functional groups attached to an aromatic ring is 1. The summed E-state index contributed by atoms with van der Waals surface area (Å²) in [6.45, 7) is 5.25. The molecule has 0 aromatic carbocycles. The van der Waals surface area contributed by atoms with Crippen LogP contribution in [0.15, 0.2) is 37.1 Å². The summed E-state index contributed by atoms with van der Waals surface area (Å²) in [5, 5.41) is 0. The Kier molecular flexibility index (Phi) is 5.94. The fourth-order valence-electron chi connectivity index (χ4n) is 0.448. The smallest absolute Gasteiger partial charge is 0.139 e. The number of allylic oxidation sites excluding steroid dienone is 1. The molecule has 1 heterocycles. The van der Waals surface area contributed by atoms with Gasteiger partial charge in [-0.05, 0) is 19.1 Å². The number of hydrogen-bond donors (Lipinski definition) is 2. The van der Waals surface area contributed by atoms with Crippen LogP contribution in [0.5, 0.6) is 0 Å². The van der Waals surface area contributed by atoms with Crippen LogP contribution in [0.3, 0.4) is 0 Å². The Labute approximate surface area is 66.9 Å². The largest absolute Gasteiger partial charge is 0.308 e. The van der Waals surface area contributed by atoms with Gasteiger partial charge in [-0.3, -0.25) is 0 Å². The summed E-state index contributed by atoms with van der Waals surface area (Å²) in [4.78, 5) is 3.86. The summed E-state index contributed by atoms with van der Waals surface area (Å²) in [7, 11) is 0. The van der Waals surface area contributed by atoms with E-state index in [1.807, 2.05) is 19.1 Å². The van der Waals surface area contributed by atoms with Crippen LogP contribution < -0.4 is 11.3 Å². The van der Waals surface area contributed by atoms with Crippen LogP contribution in [0.4, 0.5) is 5.82 Å². The molecule has 0 bridgehead atoms. The number of pyridine rings is 1. The van der Waals surface area contributed by atoms with E-state index in [1.165, 1.54) is 0 Å². The lowest BCUT2D eigenvalue weighted by Crippen LogP contribution is -2.07. The van der Waals surface area contributed by atoms with E-state index in [-0.39, 0.29) is 0 Å². The zero-order valence-electron chi connectivity index (χ0n) is 6.62. The molecule has 3 N–H and O–H groups in total. The maximum absolute atomic E-state index is 5.04. The highest BCUT2D eigenvalue weighted by Gasteiger charge is 1.79. The molecule has 0 amide bonds. The highest BCUT2D eigenvalue weighted by molar-refractivity contribution is 5.30. The van der Waals surface area contributed by atoms with Gasteiger partial charge in [0.25, 0.3) is 0 Å². The number of hydrazine groups is 1. The minimum Gasteiger partial charge on any atom is -0.308 e. The van der Waals surface area contributed by atoms with Gasteiger partial charge in [0.2, 0.25) is 0 Å². The summed E-state index contributed by atoms with van der Waals surface area (Å²) in [6, 6.07) is 5.49. The molecule has 0 unspecified atom stereocenters. The maximum Gasteiger partial charge on any atom is 0.139 e. The first-order chi connectivity index (χ1) is 5.35. The molecule has 1 aromatic heterocycles. The Morgan fingerprint density at radius 2 is 2.27 bits per heavy atom. The molecule has 0 fully saturated rings. The SMILES string of the molecule is C=CC.NNc1ccccn1. The normalized spacial score (nSPS) is 7.45. The first-order valence-corrected chi connectivity index (χ1v) is 3.29. The van der Waals surface area contributed by atoms with Gasteiger partial charge in [0, 0.05) is 6.20 Å². The zero-order chi connectivity index (χ0) is 8.53. The molecule has 11 heavy (non-hydrogen) atoms. The number of nitrogens with two attached hydrogens (primary N) is 1. The van der Waals surface area contributed by atoms with Crippen LogP contribution in [0.2, 0.25) is 0 Å². The number of anilines is 1. The molecule has 1 rings (SSSR count). The van der Waals surface area contributed by atoms with Crippen LogP contribution in [0.1, 0.15) is 6.92 Å². The lowest BCUT2D eigenvalue weighted by molar-refractivity contribution is 1.23. The van der Waals surface area contributed by atoms with Crippen molar-refractivity contribution in [3.63, 3.8) is 0 Å². The van der Waals surface area contributed by atoms with E-state index in [0.29, 0.717) is 5.82 Å². The van der Waals surface area contributed by atoms with Crippen molar-refractivity contribution in [2.24, 2.45) is 5.84 Å². The van der Waals surface area contributed by atoms with Crippen LogP contribution in [-0.2, 0) is 0 Å². The van der Waals surface area contributed by atoms with Gasteiger partial charge in [-0.15, -0.1) is 6.58 Å². The second-order valence-corrected chi connectivity index (χ2v) is 1.77. The topological polar surface area (TPSA) is 50.9 Å². The summed E-state index contributed by atoms with van der Waals surface area (Å²) in [5.74, 6) is 5.72. The third-order valence-corrected chi connectivity index (χ3v) is 0.813. The molecule has 0 aliphatic rings. The van der Waals surface area contributed by atoms with Crippen LogP contribution in [0.25, 0.3) is 0 Å². The minimum atomic E-state index is 0.688. The monoisotopic (exact) mass is 151 g/mol. The lowest BCUT2D eigenvalue weighted by atomic mass is 10.5. The van der Waals surface area contributed by atoms with Gasteiger partial charge in [-0.2, -0.15) is 0 Å². The number of nitrogens with one attached hydrogen (secondary N) is 1. The van der Waals surface area contributed by atoms with Crippen molar-refractivity contribution in [3.05, 3.63) is 37.1 Å². The van der Waals surface area contributed by atoms with Crippen LogP contribution >= 0.6 is 0 Å². The van der Waals surface area contributed by atoms with E-state index in [1.54, 1.807) is 18.3 Å². The van der Waals surface area contributed by atoms with Crippen molar-refractivity contribution in [2.45, 2.75) is 6.92 Å². The predicted molar refractivity (Wildman–Crippen MR) is 47.9 cm³/mol. The van der Waals surface area contributed by atoms with Crippen LogP contribution in [-0.4, -0.2) is 4.98 Å². The number of rotatable bonds is 1. The molecule has 0 atom stereocenters. The number of nitrogens with zero attached hydrogens (tertiary/aromatic N) is 1. The molecule has 0 radical (unpaired) electrons. The molecular formula is C8H13N3. The molecule has 0 saturated carbocycles. The van der Waals surface area contributed by atoms with E-state index < -0.39 is 0 Å². The fourth-order valence-corrected chi connectivity index (χ4v) is 0.448. The Morgan fingerprint density at radius 3 is 2.55 bits per heavy atom. The Hall–Kier alpha value is -1.35. The predicted octanol–water partition coefficient (Wildman–Crippen LogP) is 1.56. The third-order valence-electron chi connectivity index (χ3n) is 0.813. The molecule has 60 valence electrons. The number of aromatic nitrogens is 1. The first kappa shape index (κ1) is 9.65. The average molecular weight is 151 g/mol. The van der Waals surface area contributed by atoms with E-state index in [2.05, 4.69) is 17.0 Å². The molecule has 1 aromatic rings. The fraction of sp³-hybridized carbons (Fsp3) is 0.125. The zero-order valence-corrected chi connectivity index (χ0v) is 6.62. The second-order valence-electron chi connectivity index (χ2n) is 1.77. The molecule has 0 spiro atoms. The van der Waals surface area contributed by atoms with Crippen molar-refractivity contribution < 1.29 is 0 Å². The summed E-state index contributed by atoms with van der Waals surface area (Å²) in [5.41, 5.74) is 2.42. The van der Waals surface area contributed by atoms with Crippen molar-refractivity contribution in [1.82, 2.24) is 4.98 Å². The molecule has 0 saturated heterocycles. The molecule has 3 nitrogen and oxygen atoms in total. The van der Waals surface area contributed by atoms with Gasteiger partial charge in [-0.1, -0.05) is 12.1 Å². The van der Waals surface area contributed by atoms with Crippen LogP contribution in [0, 0.1) is 0 Å². The van der Waals surface area contributed by atoms with E-state index >= 15 is 0 Å². The maximum atomic E-state index is 5.04. The van der Waals surface area contributed by atoms with Crippen molar-refractivity contribution >= 4 is 5.82 Å². The Balaban J connectivity index is 0.000000292. The third kappa shape index (κ3) is 5.11. The standard InChI is InChI=1S/C5H7N3.C3H6/c6-8-5-3-1-2-4-7-5;1-3-2/h1-4H,6H2,(H,7,8);3H,1H2,2H3. The van der Waals surface area contributed by atoms with Gasteiger partial charge < -0.3 is 5.43 Å².